The number of carbonyl (C=O) groups is 4. The first-order chi connectivity index (χ1) is 12.3. The first-order valence-corrected chi connectivity index (χ1v) is 7.47. The Balaban J connectivity index is 3.00. The molecule has 0 unspecified atom stereocenters. The monoisotopic (exact) mass is 364 g/mol. The highest BCUT2D eigenvalue weighted by molar-refractivity contribution is 6.18. The second-order valence-electron chi connectivity index (χ2n) is 5.22. The van der Waals surface area contributed by atoms with Crippen molar-refractivity contribution in [1.82, 2.24) is 0 Å². The Hall–Kier alpha value is -3.16. The normalized spacial score (nSPS) is 10.4. The summed E-state index contributed by atoms with van der Waals surface area (Å²) in [6.45, 7) is 3.46. The second-order valence-corrected chi connectivity index (χ2v) is 5.22. The fraction of sp³-hybridized carbons (Fsp3) is 0.333. The molecule has 0 saturated carbocycles. The highest BCUT2D eigenvalue weighted by Crippen LogP contribution is 2.31. The maximum atomic E-state index is 12.2. The van der Waals surface area contributed by atoms with Crippen molar-refractivity contribution in [3.05, 3.63) is 48.0 Å². The third kappa shape index (κ3) is 4.47. The van der Waals surface area contributed by atoms with E-state index in [0.29, 0.717) is 0 Å². The number of benzene rings is 1. The van der Waals surface area contributed by atoms with Gasteiger partial charge in [0.05, 0.1) is 21.3 Å². The Labute approximate surface area is 150 Å². The van der Waals surface area contributed by atoms with Crippen molar-refractivity contribution in [3.63, 3.8) is 0 Å². The zero-order valence-electron chi connectivity index (χ0n) is 14.8. The van der Waals surface area contributed by atoms with E-state index < -0.39 is 35.7 Å². The zero-order chi connectivity index (χ0) is 19.7. The molecule has 0 N–H and O–H groups in total. The smallest absolute Gasteiger partial charge is 0.335 e. The molecule has 0 saturated heterocycles. The van der Waals surface area contributed by atoms with E-state index in [0.717, 1.165) is 26.9 Å². The van der Waals surface area contributed by atoms with Crippen LogP contribution in [0.5, 0.6) is 0 Å². The summed E-state index contributed by atoms with van der Waals surface area (Å²) in [7, 11) is 2.96. The minimum atomic E-state index is -2.50. The number of rotatable bonds is 8. The van der Waals surface area contributed by atoms with Crippen LogP contribution in [0.2, 0.25) is 0 Å². The maximum Gasteiger partial charge on any atom is 0.335 e. The maximum absolute atomic E-state index is 12.2. The molecule has 0 heterocycles. The number of methoxy groups -OCH3 is 3. The van der Waals surface area contributed by atoms with Crippen LogP contribution in [0.4, 0.5) is 0 Å². The molecule has 0 aliphatic rings. The molecule has 1 rings (SSSR count). The summed E-state index contributed by atoms with van der Waals surface area (Å²) in [4.78, 5) is 48.6. The summed E-state index contributed by atoms with van der Waals surface area (Å²) < 4.78 is 18.7. The van der Waals surface area contributed by atoms with Gasteiger partial charge in [0.1, 0.15) is 6.61 Å². The van der Waals surface area contributed by atoms with Crippen molar-refractivity contribution in [2.45, 2.75) is 13.0 Å². The highest BCUT2D eigenvalue weighted by Gasteiger charge is 2.57. The molecule has 1 aromatic rings. The molecular weight excluding hydrogens is 344 g/mol. The van der Waals surface area contributed by atoms with Gasteiger partial charge in [-0.25, -0.2) is 4.79 Å². The summed E-state index contributed by atoms with van der Waals surface area (Å²) in [6.07, 6.45) is -0.702. The van der Waals surface area contributed by atoms with E-state index in [-0.39, 0.29) is 12.2 Å². The summed E-state index contributed by atoms with van der Waals surface area (Å²) in [5.74, 6) is -4.57. The molecular formula is C18H20O8. The van der Waals surface area contributed by atoms with Crippen LogP contribution in [0.3, 0.4) is 0 Å². The molecule has 0 amide bonds. The molecule has 0 aromatic heterocycles. The van der Waals surface area contributed by atoms with Crippen LogP contribution >= 0.6 is 0 Å². The fourth-order valence-electron chi connectivity index (χ4n) is 2.21. The van der Waals surface area contributed by atoms with Gasteiger partial charge in [-0.2, -0.15) is 0 Å². The average molecular weight is 364 g/mol. The molecule has 0 spiro atoms. The van der Waals surface area contributed by atoms with E-state index in [4.69, 9.17) is 4.74 Å². The lowest BCUT2D eigenvalue weighted by molar-refractivity contribution is -0.180. The quantitative estimate of drug-likeness (QED) is 0.293. The van der Waals surface area contributed by atoms with Gasteiger partial charge in [-0.15, -0.1) is 0 Å². The minimum Gasteiger partial charge on any atom is -0.468 e. The van der Waals surface area contributed by atoms with Crippen LogP contribution < -0.4 is 0 Å². The predicted octanol–water partition coefficient (Wildman–Crippen LogP) is 1.18. The number of esters is 4. The third-order valence-electron chi connectivity index (χ3n) is 3.58. The highest BCUT2D eigenvalue weighted by atomic mass is 16.6. The van der Waals surface area contributed by atoms with Crippen molar-refractivity contribution < 1.29 is 38.1 Å². The Morgan fingerprint density at radius 3 is 1.77 bits per heavy atom. The summed E-state index contributed by atoms with van der Waals surface area (Å²) >= 11 is 0. The van der Waals surface area contributed by atoms with Gasteiger partial charge in [0.15, 0.2) is 0 Å². The molecule has 0 radical (unpaired) electrons. The molecule has 0 atom stereocenters. The number of hydrogen-bond acceptors (Lipinski definition) is 8. The van der Waals surface area contributed by atoms with E-state index in [1.807, 2.05) is 6.07 Å². The van der Waals surface area contributed by atoms with Crippen molar-refractivity contribution in [1.29, 1.82) is 0 Å². The molecule has 0 aliphatic carbocycles. The molecule has 1 aromatic carbocycles. The van der Waals surface area contributed by atoms with Gasteiger partial charge < -0.3 is 18.9 Å². The SMILES string of the molecule is C=C(CC(C(=O)OC)(C(=O)OC)C(=O)OC)C(=O)OCc1ccccc1. The van der Waals surface area contributed by atoms with Gasteiger partial charge in [-0.05, 0) is 5.56 Å². The molecule has 0 fully saturated rings. The molecule has 140 valence electrons. The number of ether oxygens (including phenoxy) is 4. The lowest BCUT2D eigenvalue weighted by atomic mass is 9.81. The number of hydrogen-bond donors (Lipinski definition) is 0. The first kappa shape index (κ1) is 20.9. The van der Waals surface area contributed by atoms with Crippen LogP contribution in [0.1, 0.15) is 12.0 Å². The molecule has 0 bridgehead atoms. The number of carbonyl (C=O) groups excluding carboxylic acids is 4. The van der Waals surface area contributed by atoms with Crippen LogP contribution in [0.15, 0.2) is 42.5 Å². The van der Waals surface area contributed by atoms with Gasteiger partial charge in [0.2, 0.25) is 0 Å². The average Bonchev–Trinajstić information content (AvgIpc) is 2.68. The second kappa shape index (κ2) is 9.36. The standard InChI is InChI=1S/C18H20O8/c1-12(14(19)26-11-13-8-6-5-7-9-13)10-18(15(20)23-2,16(21)24-3)17(22)25-4/h5-9H,1,10-11H2,2-4H3. The minimum absolute atomic E-state index is 0.0413. The topological polar surface area (TPSA) is 105 Å². The molecule has 26 heavy (non-hydrogen) atoms. The van der Waals surface area contributed by atoms with E-state index in [9.17, 15) is 19.2 Å². The van der Waals surface area contributed by atoms with Crippen LogP contribution in [-0.2, 0) is 44.7 Å². The Bertz CT molecular complexity index is 652. The van der Waals surface area contributed by atoms with E-state index in [1.165, 1.54) is 0 Å². The first-order valence-electron chi connectivity index (χ1n) is 7.47. The van der Waals surface area contributed by atoms with Gasteiger partial charge in [-0.3, -0.25) is 14.4 Å². The van der Waals surface area contributed by atoms with Crippen LogP contribution in [-0.4, -0.2) is 45.2 Å². The van der Waals surface area contributed by atoms with Crippen molar-refractivity contribution >= 4 is 23.9 Å². The van der Waals surface area contributed by atoms with Gasteiger partial charge in [0, 0.05) is 12.0 Å². The van der Waals surface area contributed by atoms with E-state index in [2.05, 4.69) is 20.8 Å². The Morgan fingerprint density at radius 1 is 0.885 bits per heavy atom. The third-order valence-corrected chi connectivity index (χ3v) is 3.58. The van der Waals surface area contributed by atoms with Gasteiger partial charge >= 0.3 is 23.9 Å². The van der Waals surface area contributed by atoms with Gasteiger partial charge in [0.25, 0.3) is 5.41 Å². The van der Waals surface area contributed by atoms with E-state index >= 15 is 0 Å². The van der Waals surface area contributed by atoms with Crippen molar-refractivity contribution in [2.75, 3.05) is 21.3 Å². The van der Waals surface area contributed by atoms with Crippen molar-refractivity contribution in [2.24, 2.45) is 5.41 Å². The summed E-state index contributed by atoms with van der Waals surface area (Å²) in [5.41, 5.74) is -2.06. The molecule has 0 aliphatic heterocycles. The zero-order valence-corrected chi connectivity index (χ0v) is 14.8. The predicted molar refractivity (Wildman–Crippen MR) is 88.5 cm³/mol. The Kier molecular flexibility index (Phi) is 7.52. The Morgan fingerprint density at radius 2 is 1.35 bits per heavy atom. The lowest BCUT2D eigenvalue weighted by Crippen LogP contribution is -2.49. The summed E-state index contributed by atoms with van der Waals surface area (Å²) in [6, 6.07) is 8.85. The fourth-order valence-corrected chi connectivity index (χ4v) is 2.21. The van der Waals surface area contributed by atoms with E-state index in [1.54, 1.807) is 24.3 Å². The molecule has 8 nitrogen and oxygen atoms in total. The van der Waals surface area contributed by atoms with Crippen LogP contribution in [0, 0.1) is 5.41 Å². The van der Waals surface area contributed by atoms with Gasteiger partial charge in [-0.1, -0.05) is 36.9 Å². The van der Waals surface area contributed by atoms with Crippen LogP contribution in [0.25, 0.3) is 0 Å². The summed E-state index contributed by atoms with van der Waals surface area (Å²) in [5, 5.41) is 0. The molecule has 8 heteroatoms. The lowest BCUT2D eigenvalue weighted by Gasteiger charge is -2.25. The van der Waals surface area contributed by atoms with Crippen molar-refractivity contribution in [3.8, 4) is 0 Å². The largest absolute Gasteiger partial charge is 0.468 e.